The smallest absolute Gasteiger partial charge is 0.319 e. The van der Waals surface area contributed by atoms with Crippen molar-refractivity contribution in [3.63, 3.8) is 0 Å². The molecule has 0 aliphatic carbocycles. The number of anilines is 1. The first kappa shape index (κ1) is 28.6. The highest BCUT2D eigenvalue weighted by Gasteiger charge is 2.49. The molecular weight excluding hydrogens is 592 g/mol. The van der Waals surface area contributed by atoms with E-state index in [9.17, 15) is 19.6 Å². The first-order valence-corrected chi connectivity index (χ1v) is 15.5. The number of allylic oxidation sites excluding steroid dienone is 1. The topological polar surface area (TPSA) is 119 Å². The van der Waals surface area contributed by atoms with Crippen LogP contribution < -0.4 is 9.64 Å². The number of hydrogen-bond acceptors (Lipinski definition) is 9. The summed E-state index contributed by atoms with van der Waals surface area (Å²) in [5.74, 6) is -0.448. The van der Waals surface area contributed by atoms with Crippen molar-refractivity contribution in [2.45, 2.75) is 55.9 Å². The largest absolute Gasteiger partial charge is 0.508 e. The van der Waals surface area contributed by atoms with Crippen molar-refractivity contribution < 1.29 is 23.4 Å². The van der Waals surface area contributed by atoms with Crippen molar-refractivity contribution in [1.29, 1.82) is 5.26 Å². The van der Waals surface area contributed by atoms with E-state index < -0.39 is 17.5 Å². The lowest BCUT2D eigenvalue weighted by atomic mass is 9.95. The summed E-state index contributed by atoms with van der Waals surface area (Å²) in [5.41, 5.74) is 0.430. The Morgan fingerprint density at radius 2 is 2.04 bits per heavy atom. The van der Waals surface area contributed by atoms with Gasteiger partial charge in [-0.2, -0.15) is 15.2 Å². The lowest BCUT2D eigenvalue weighted by molar-refractivity contribution is 0.107. The number of aromatic hydroxyl groups is 1. The van der Waals surface area contributed by atoms with Crippen LogP contribution in [-0.2, 0) is 4.79 Å². The monoisotopic (exact) mass is 622 g/mol. The Morgan fingerprint density at radius 3 is 2.89 bits per heavy atom. The van der Waals surface area contributed by atoms with E-state index >= 15 is 4.39 Å². The summed E-state index contributed by atoms with van der Waals surface area (Å²) in [6.07, 6.45) is 7.40. The molecule has 6 heterocycles. The third-order valence-corrected chi connectivity index (χ3v) is 10.1. The molecule has 2 bridgehead atoms. The first-order chi connectivity index (χ1) is 22.4. The minimum Gasteiger partial charge on any atom is -0.508 e. The van der Waals surface area contributed by atoms with E-state index in [1.54, 1.807) is 11.0 Å². The van der Waals surface area contributed by atoms with E-state index in [4.69, 9.17) is 9.72 Å². The van der Waals surface area contributed by atoms with Crippen molar-refractivity contribution in [3.05, 3.63) is 60.2 Å². The number of aromatic nitrogens is 3. The van der Waals surface area contributed by atoms with Crippen LogP contribution in [0.15, 0.2) is 54.4 Å². The molecule has 2 aromatic carbocycles. The number of halogens is 2. The van der Waals surface area contributed by atoms with Crippen LogP contribution >= 0.6 is 0 Å². The number of rotatable bonds is 6. The van der Waals surface area contributed by atoms with Gasteiger partial charge in [0.15, 0.2) is 5.82 Å². The van der Waals surface area contributed by atoms with Gasteiger partial charge in [0.1, 0.15) is 35.6 Å². The molecular formula is C34H30F2N7O3. The van der Waals surface area contributed by atoms with Crippen LogP contribution in [0.5, 0.6) is 11.8 Å². The molecule has 4 aromatic rings. The maximum atomic E-state index is 16.8. The first-order valence-electron chi connectivity index (χ1n) is 15.5. The molecule has 4 aliphatic rings. The number of alkyl halides is 1. The number of phenols is 1. The molecule has 4 fully saturated rings. The number of pyridine rings is 1. The number of piperazine rings is 1. The molecule has 4 aliphatic heterocycles. The molecule has 1 radical (unpaired) electrons. The number of phenolic OH excluding ortho intramolecular Hbond substituents is 1. The second-order valence-electron chi connectivity index (χ2n) is 12.6. The molecule has 4 atom stereocenters. The standard InChI is InChI=1S/C34H30F2N7O3/c35-21-14-34(9-3-11-41(34)16-21)18-46-33-39-31-26(32(40-33)42-17-22-6-7-27(43(22)19-44)28(42)8-10-37)15-38-30(29(31)36)25-13-23(45)12-20-4-1-2-5-24(20)25/h1-2,4-5,8,12-13,15,21-22,27,45H,3,6-7,9,11,14,16-18H2/b28-8+. The lowest BCUT2D eigenvalue weighted by Gasteiger charge is -2.41. The van der Waals surface area contributed by atoms with Gasteiger partial charge in [-0.25, -0.2) is 8.78 Å². The Hall–Kier alpha value is -4.89. The number of nitrogens with zero attached hydrogens (tertiary/aromatic N) is 7. The van der Waals surface area contributed by atoms with Crippen LogP contribution in [0.2, 0.25) is 0 Å². The molecule has 4 saturated heterocycles. The molecule has 1 N–H and O–H groups in total. The highest BCUT2D eigenvalue weighted by molar-refractivity contribution is 6.00. The third-order valence-electron chi connectivity index (χ3n) is 10.1. The van der Waals surface area contributed by atoms with Gasteiger partial charge >= 0.3 is 12.4 Å². The number of ether oxygens (including phenoxy) is 1. The molecule has 0 saturated carbocycles. The fourth-order valence-electron chi connectivity index (χ4n) is 8.05. The number of nitriles is 1. The number of benzene rings is 2. The van der Waals surface area contributed by atoms with Crippen LogP contribution in [-0.4, -0.2) is 86.3 Å². The highest BCUT2D eigenvalue weighted by atomic mass is 19.1. The van der Waals surface area contributed by atoms with E-state index in [-0.39, 0.29) is 41.7 Å². The molecule has 46 heavy (non-hydrogen) atoms. The fraction of sp³-hybridized carbons (Fsp3) is 0.382. The molecule has 0 spiro atoms. The maximum absolute atomic E-state index is 16.8. The van der Waals surface area contributed by atoms with Crippen molar-refractivity contribution in [2.24, 2.45) is 0 Å². The van der Waals surface area contributed by atoms with Gasteiger partial charge < -0.3 is 19.6 Å². The molecule has 4 unspecified atom stereocenters. The van der Waals surface area contributed by atoms with Crippen molar-refractivity contribution in [1.82, 2.24) is 24.8 Å². The number of carbonyl (C=O) groups excluding carboxylic acids is 1. The SMILES string of the molecule is N#C/C=C1\C2CCC(CN1c1nc(OCC34CCCN3CC(F)C4)nc3c(F)c(-c4cc(O)cc5ccccc45)ncc13)N2[C]=O. The van der Waals surface area contributed by atoms with Gasteiger partial charge in [0.25, 0.3) is 0 Å². The van der Waals surface area contributed by atoms with Crippen molar-refractivity contribution >= 4 is 33.9 Å². The summed E-state index contributed by atoms with van der Waals surface area (Å²) in [5, 5.41) is 21.9. The lowest BCUT2D eigenvalue weighted by Crippen LogP contribution is -2.52. The third kappa shape index (κ3) is 4.44. The van der Waals surface area contributed by atoms with E-state index in [2.05, 4.69) is 20.9 Å². The summed E-state index contributed by atoms with van der Waals surface area (Å²) in [6.45, 7) is 1.61. The van der Waals surface area contributed by atoms with Crippen LogP contribution in [0.4, 0.5) is 14.6 Å². The van der Waals surface area contributed by atoms with Crippen LogP contribution in [0.1, 0.15) is 32.1 Å². The second kappa shape index (κ2) is 10.9. The van der Waals surface area contributed by atoms with E-state index in [0.717, 1.165) is 31.2 Å². The zero-order valence-corrected chi connectivity index (χ0v) is 24.9. The van der Waals surface area contributed by atoms with E-state index in [1.165, 1.54) is 18.3 Å². The highest BCUT2D eigenvalue weighted by Crippen LogP contribution is 2.43. The summed E-state index contributed by atoms with van der Waals surface area (Å²) >= 11 is 0. The predicted molar refractivity (Wildman–Crippen MR) is 166 cm³/mol. The van der Waals surface area contributed by atoms with Crippen LogP contribution in [0.3, 0.4) is 0 Å². The predicted octanol–water partition coefficient (Wildman–Crippen LogP) is 4.77. The molecule has 12 heteroatoms. The minimum atomic E-state index is -0.944. The number of fused-ring (bicyclic) bond motifs is 5. The summed E-state index contributed by atoms with van der Waals surface area (Å²) < 4.78 is 37.5. The summed E-state index contributed by atoms with van der Waals surface area (Å²) in [4.78, 5) is 31.3. The summed E-state index contributed by atoms with van der Waals surface area (Å²) in [7, 11) is 0. The zero-order chi connectivity index (χ0) is 31.6. The maximum Gasteiger partial charge on any atom is 0.319 e. The van der Waals surface area contributed by atoms with Gasteiger partial charge in [0.05, 0.1) is 34.8 Å². The Kier molecular flexibility index (Phi) is 6.76. The zero-order valence-electron chi connectivity index (χ0n) is 24.9. The van der Waals surface area contributed by atoms with Gasteiger partial charge in [-0.3, -0.25) is 14.7 Å². The van der Waals surface area contributed by atoms with E-state index in [1.807, 2.05) is 35.6 Å². The molecule has 233 valence electrons. The quantitative estimate of drug-likeness (QED) is 0.303. The minimum absolute atomic E-state index is 0.0000554. The van der Waals surface area contributed by atoms with Gasteiger partial charge in [-0.1, -0.05) is 24.3 Å². The van der Waals surface area contributed by atoms with Crippen molar-refractivity contribution in [2.75, 3.05) is 31.1 Å². The van der Waals surface area contributed by atoms with Gasteiger partial charge in [-0.05, 0) is 55.1 Å². The number of amides is 1. The average Bonchev–Trinajstić information content (AvgIpc) is 3.69. The van der Waals surface area contributed by atoms with Gasteiger partial charge in [0.2, 0.25) is 0 Å². The van der Waals surface area contributed by atoms with Crippen LogP contribution in [0.25, 0.3) is 32.9 Å². The fourth-order valence-corrected chi connectivity index (χ4v) is 8.05. The Labute approximate surface area is 263 Å². The van der Waals surface area contributed by atoms with E-state index in [0.29, 0.717) is 53.8 Å². The van der Waals surface area contributed by atoms with Crippen LogP contribution in [0, 0.1) is 17.1 Å². The van der Waals surface area contributed by atoms with Crippen molar-refractivity contribution in [3.8, 4) is 29.1 Å². The Bertz CT molecular complexity index is 1970. The number of hydrogen-bond donors (Lipinski definition) is 1. The Morgan fingerprint density at radius 1 is 1.17 bits per heavy atom. The molecule has 10 nitrogen and oxygen atoms in total. The Balaban J connectivity index is 1.29. The normalized spacial score (nSPS) is 26.6. The molecule has 8 rings (SSSR count). The molecule has 2 aromatic heterocycles. The second-order valence-corrected chi connectivity index (χ2v) is 12.6. The summed E-state index contributed by atoms with van der Waals surface area (Å²) in [6, 6.07) is 11.9. The van der Waals surface area contributed by atoms with Gasteiger partial charge in [-0.15, -0.1) is 0 Å². The van der Waals surface area contributed by atoms with Gasteiger partial charge in [0, 0.05) is 37.3 Å². The molecule has 1 amide bonds. The average molecular weight is 623 g/mol.